The van der Waals surface area contributed by atoms with Gasteiger partial charge in [0.2, 0.25) is 0 Å². The number of nitrogens with one attached hydrogen (secondary N) is 1. The highest BCUT2D eigenvalue weighted by molar-refractivity contribution is 14.1. The second kappa shape index (κ2) is 9.24. The molecule has 0 aliphatic rings. The number of nitrogens with zero attached hydrogens (tertiary/aromatic N) is 1. The first-order valence-electron chi connectivity index (χ1n) is 6.73. The van der Waals surface area contributed by atoms with Crippen LogP contribution in [-0.2, 0) is 4.79 Å². The van der Waals surface area contributed by atoms with E-state index in [4.69, 9.17) is 21.1 Å². The highest BCUT2D eigenvalue weighted by Crippen LogP contribution is 2.27. The summed E-state index contributed by atoms with van der Waals surface area (Å²) in [6, 6.07) is 10.6. The van der Waals surface area contributed by atoms with Gasteiger partial charge in [0, 0.05) is 5.02 Å². The van der Waals surface area contributed by atoms with Crippen molar-refractivity contribution < 1.29 is 14.3 Å². The zero-order valence-electron chi connectivity index (χ0n) is 12.6. The second-order valence-corrected chi connectivity index (χ2v) is 7.00. The molecule has 0 unspecified atom stereocenters. The molecule has 0 aliphatic carbocycles. The average Bonchev–Trinajstić information content (AvgIpc) is 2.54. The van der Waals surface area contributed by atoms with Gasteiger partial charge in [-0.3, -0.25) is 4.79 Å². The van der Waals surface area contributed by atoms with Crippen LogP contribution in [-0.4, -0.2) is 25.8 Å². The Morgan fingerprint density at radius 2 is 2.08 bits per heavy atom. The molecule has 5 nitrogen and oxygen atoms in total. The minimum Gasteiger partial charge on any atom is -0.496 e. The molecule has 0 radical (unpaired) electrons. The molecule has 0 spiro atoms. The number of halogens is 3. The van der Waals surface area contributed by atoms with Crippen molar-refractivity contribution >= 4 is 62.2 Å². The first-order chi connectivity index (χ1) is 11.5. The molecule has 0 heterocycles. The molecule has 8 heteroatoms. The molecule has 126 valence electrons. The molecule has 1 N–H and O–H groups in total. The summed E-state index contributed by atoms with van der Waals surface area (Å²) in [5, 5.41) is 4.49. The maximum absolute atomic E-state index is 11.7. The van der Waals surface area contributed by atoms with Crippen molar-refractivity contribution in [1.82, 2.24) is 5.43 Å². The number of hydrazone groups is 1. The van der Waals surface area contributed by atoms with Gasteiger partial charge in [0.15, 0.2) is 6.61 Å². The monoisotopic (exact) mass is 522 g/mol. The normalized spacial score (nSPS) is 10.7. The summed E-state index contributed by atoms with van der Waals surface area (Å²) in [5.74, 6) is 0.957. The quantitative estimate of drug-likeness (QED) is 0.350. The molecule has 24 heavy (non-hydrogen) atoms. The Balaban J connectivity index is 1.85. The number of hydrogen-bond acceptors (Lipinski definition) is 4. The first kappa shape index (κ1) is 19.0. The number of hydrogen-bond donors (Lipinski definition) is 1. The number of ether oxygens (including phenoxy) is 2. The zero-order valence-corrected chi connectivity index (χ0v) is 17.1. The fraction of sp³-hybridized carbons (Fsp3) is 0.125. The number of methoxy groups -OCH3 is 1. The standard InChI is InChI=1S/C16H13BrClIN2O3/c1-23-15-4-2-10(6-13(15)19)8-20-21-16(22)9-24-14-5-3-11(18)7-12(14)17/h2-8H,9H2,1H3,(H,21,22)/b20-8+. The van der Waals surface area contributed by atoms with E-state index < -0.39 is 0 Å². The van der Waals surface area contributed by atoms with Gasteiger partial charge in [-0.2, -0.15) is 5.10 Å². The molecular formula is C16H13BrClIN2O3. The van der Waals surface area contributed by atoms with Crippen molar-refractivity contribution in [2.75, 3.05) is 13.7 Å². The van der Waals surface area contributed by atoms with E-state index in [9.17, 15) is 4.79 Å². The molecule has 0 aliphatic heterocycles. The molecule has 1 amide bonds. The SMILES string of the molecule is COc1ccc(/C=N/NC(=O)COc2ccc(Cl)cc2Br)cc1I. The third-order valence-electron chi connectivity index (χ3n) is 2.83. The number of amides is 1. The fourth-order valence-corrected chi connectivity index (χ4v) is 3.27. The van der Waals surface area contributed by atoms with Gasteiger partial charge in [-0.25, -0.2) is 5.43 Å². The molecule has 2 aromatic rings. The number of carbonyl (C=O) groups is 1. The summed E-state index contributed by atoms with van der Waals surface area (Å²) in [6.07, 6.45) is 1.55. The molecule has 2 rings (SSSR count). The van der Waals surface area contributed by atoms with Crippen molar-refractivity contribution in [1.29, 1.82) is 0 Å². The van der Waals surface area contributed by atoms with E-state index in [0.29, 0.717) is 15.2 Å². The second-order valence-electron chi connectivity index (χ2n) is 4.55. The maximum atomic E-state index is 11.7. The van der Waals surface area contributed by atoms with Gasteiger partial charge in [-0.05, 0) is 80.5 Å². The third kappa shape index (κ3) is 5.64. The molecule has 0 bridgehead atoms. The van der Waals surface area contributed by atoms with Crippen LogP contribution in [0.25, 0.3) is 0 Å². The van der Waals surface area contributed by atoms with Crippen LogP contribution in [0.1, 0.15) is 5.56 Å². The van der Waals surface area contributed by atoms with E-state index in [0.717, 1.165) is 14.9 Å². The Morgan fingerprint density at radius 3 is 2.75 bits per heavy atom. The van der Waals surface area contributed by atoms with Gasteiger partial charge in [-0.15, -0.1) is 0 Å². The first-order valence-corrected chi connectivity index (χ1v) is 8.98. The lowest BCUT2D eigenvalue weighted by Gasteiger charge is -2.07. The number of carbonyl (C=O) groups excluding carboxylic acids is 1. The van der Waals surface area contributed by atoms with Crippen LogP contribution in [0.4, 0.5) is 0 Å². The molecule has 0 saturated carbocycles. The summed E-state index contributed by atoms with van der Waals surface area (Å²) >= 11 is 11.3. The Hall–Kier alpha value is -1.32. The van der Waals surface area contributed by atoms with Gasteiger partial charge in [0.1, 0.15) is 11.5 Å². The van der Waals surface area contributed by atoms with Gasteiger partial charge in [0.05, 0.1) is 21.4 Å². The summed E-state index contributed by atoms with van der Waals surface area (Å²) < 4.78 is 12.2. The van der Waals surface area contributed by atoms with Crippen LogP contribution < -0.4 is 14.9 Å². The average molecular weight is 524 g/mol. The number of benzene rings is 2. The van der Waals surface area contributed by atoms with Crippen molar-refractivity contribution in [3.05, 3.63) is 55.0 Å². The minimum atomic E-state index is -0.365. The van der Waals surface area contributed by atoms with Crippen LogP contribution in [0.15, 0.2) is 46.0 Å². The molecule has 0 fully saturated rings. The van der Waals surface area contributed by atoms with E-state index >= 15 is 0 Å². The van der Waals surface area contributed by atoms with Crippen LogP contribution in [0, 0.1) is 3.57 Å². The molecule has 0 saturated heterocycles. The summed E-state index contributed by atoms with van der Waals surface area (Å²) in [6.45, 7) is -0.155. The molecule has 0 aromatic heterocycles. The van der Waals surface area contributed by atoms with E-state index in [2.05, 4.69) is 49.0 Å². The minimum absolute atomic E-state index is 0.155. The Labute approximate surface area is 166 Å². The molecule has 0 atom stereocenters. The Morgan fingerprint density at radius 1 is 1.33 bits per heavy atom. The van der Waals surface area contributed by atoms with Crippen LogP contribution >= 0.6 is 50.1 Å². The van der Waals surface area contributed by atoms with Crippen molar-refractivity contribution in [2.45, 2.75) is 0 Å². The van der Waals surface area contributed by atoms with Crippen molar-refractivity contribution in [2.24, 2.45) is 5.10 Å². The zero-order chi connectivity index (χ0) is 17.5. The highest BCUT2D eigenvalue weighted by atomic mass is 127. The molecule has 2 aromatic carbocycles. The van der Waals surface area contributed by atoms with Gasteiger partial charge < -0.3 is 9.47 Å². The van der Waals surface area contributed by atoms with E-state index in [1.54, 1.807) is 31.5 Å². The smallest absolute Gasteiger partial charge is 0.277 e. The predicted octanol–water partition coefficient (Wildman–Crippen LogP) is 4.24. The Kier molecular flexibility index (Phi) is 7.32. The van der Waals surface area contributed by atoms with E-state index in [-0.39, 0.29) is 12.5 Å². The summed E-state index contributed by atoms with van der Waals surface area (Å²) in [5.41, 5.74) is 3.26. The summed E-state index contributed by atoms with van der Waals surface area (Å²) in [7, 11) is 1.62. The third-order valence-corrected chi connectivity index (χ3v) is 4.53. The summed E-state index contributed by atoms with van der Waals surface area (Å²) in [4.78, 5) is 11.7. The van der Waals surface area contributed by atoms with Gasteiger partial charge in [-0.1, -0.05) is 11.6 Å². The van der Waals surface area contributed by atoms with Crippen molar-refractivity contribution in [3.63, 3.8) is 0 Å². The Bertz CT molecular complexity index is 771. The van der Waals surface area contributed by atoms with Crippen LogP contribution in [0.2, 0.25) is 5.02 Å². The van der Waals surface area contributed by atoms with Gasteiger partial charge >= 0.3 is 0 Å². The van der Waals surface area contributed by atoms with Crippen LogP contribution in [0.5, 0.6) is 11.5 Å². The van der Waals surface area contributed by atoms with E-state index in [1.165, 1.54) is 0 Å². The topological polar surface area (TPSA) is 59.9 Å². The lowest BCUT2D eigenvalue weighted by Crippen LogP contribution is -2.24. The lowest BCUT2D eigenvalue weighted by atomic mass is 10.2. The maximum Gasteiger partial charge on any atom is 0.277 e. The molecular weight excluding hydrogens is 510 g/mol. The lowest BCUT2D eigenvalue weighted by molar-refractivity contribution is -0.123. The predicted molar refractivity (Wildman–Crippen MR) is 106 cm³/mol. The highest BCUT2D eigenvalue weighted by Gasteiger charge is 2.05. The number of rotatable bonds is 6. The van der Waals surface area contributed by atoms with Crippen molar-refractivity contribution in [3.8, 4) is 11.5 Å². The van der Waals surface area contributed by atoms with Gasteiger partial charge in [0.25, 0.3) is 5.91 Å². The largest absolute Gasteiger partial charge is 0.496 e. The van der Waals surface area contributed by atoms with Crippen LogP contribution in [0.3, 0.4) is 0 Å². The van der Waals surface area contributed by atoms with E-state index in [1.807, 2.05) is 18.2 Å². The fourth-order valence-electron chi connectivity index (χ4n) is 1.71.